The summed E-state index contributed by atoms with van der Waals surface area (Å²) in [6.45, 7) is 0. The topological polar surface area (TPSA) is 80.5 Å². The molecule has 5 nitrogen and oxygen atoms in total. The van der Waals surface area contributed by atoms with Gasteiger partial charge >= 0.3 is 0 Å². The third kappa shape index (κ3) is 1.58. The summed E-state index contributed by atoms with van der Waals surface area (Å²) in [7, 11) is 1.46. The summed E-state index contributed by atoms with van der Waals surface area (Å²) in [6.07, 6.45) is 0.581. The van der Waals surface area contributed by atoms with Crippen LogP contribution in [0.2, 0.25) is 0 Å². The second kappa shape index (κ2) is 3.91. The number of Topliss-reactive ketones (excluding diaryl/α,β-unsaturated/α-hetero) is 1. The molecule has 0 saturated carbocycles. The number of benzene rings is 1. The van der Waals surface area contributed by atoms with Crippen LogP contribution < -0.4 is 5.73 Å². The van der Waals surface area contributed by atoms with Gasteiger partial charge in [0.25, 0.3) is 0 Å². The highest BCUT2D eigenvalue weighted by molar-refractivity contribution is 6.10. The van der Waals surface area contributed by atoms with Crippen LogP contribution in [0.1, 0.15) is 22.3 Å². The number of imide groups is 1. The highest BCUT2D eigenvalue weighted by Crippen LogP contribution is 2.38. The lowest BCUT2D eigenvalue weighted by Gasteiger charge is -2.14. The largest absolute Gasteiger partial charge is 0.398 e. The van der Waals surface area contributed by atoms with Crippen LogP contribution in [0.25, 0.3) is 0 Å². The Morgan fingerprint density at radius 1 is 1.16 bits per heavy atom. The van der Waals surface area contributed by atoms with Crippen LogP contribution in [0.4, 0.5) is 5.69 Å². The summed E-state index contributed by atoms with van der Waals surface area (Å²) >= 11 is 0. The van der Waals surface area contributed by atoms with Gasteiger partial charge in [-0.25, -0.2) is 0 Å². The monoisotopic (exact) mass is 258 g/mol. The number of nitrogens with two attached hydrogens (primary N) is 1. The van der Waals surface area contributed by atoms with Gasteiger partial charge in [-0.05, 0) is 18.1 Å². The predicted octanol–water partition coefficient (Wildman–Crippen LogP) is 0.629. The fourth-order valence-corrected chi connectivity index (χ4v) is 3.00. The molecule has 2 unspecified atom stereocenters. The number of hydrogen-bond acceptors (Lipinski definition) is 4. The van der Waals surface area contributed by atoms with E-state index in [0.717, 1.165) is 10.5 Å². The summed E-state index contributed by atoms with van der Waals surface area (Å²) in [5, 5.41) is 0. The van der Waals surface area contributed by atoms with Crippen LogP contribution in [0.5, 0.6) is 0 Å². The van der Waals surface area contributed by atoms with Crippen molar-refractivity contribution in [3.63, 3.8) is 0 Å². The second-order valence-corrected chi connectivity index (χ2v) is 5.15. The maximum Gasteiger partial charge on any atom is 0.233 e. The average Bonchev–Trinajstić information content (AvgIpc) is 2.84. The Bertz CT molecular complexity index is 609. The van der Waals surface area contributed by atoms with Crippen LogP contribution >= 0.6 is 0 Å². The lowest BCUT2D eigenvalue weighted by atomic mass is 9.87. The van der Waals surface area contributed by atoms with Crippen LogP contribution in [0.15, 0.2) is 18.2 Å². The second-order valence-electron chi connectivity index (χ2n) is 5.15. The van der Waals surface area contributed by atoms with E-state index >= 15 is 0 Å². The van der Waals surface area contributed by atoms with Crippen molar-refractivity contribution in [3.8, 4) is 0 Å². The molecule has 2 atom stereocenters. The molecule has 1 aromatic carbocycles. The minimum atomic E-state index is -0.531. The molecular formula is C14H14N2O3. The Kier molecular flexibility index (Phi) is 2.45. The average molecular weight is 258 g/mol. The van der Waals surface area contributed by atoms with Gasteiger partial charge in [0, 0.05) is 30.6 Å². The Hall–Kier alpha value is -2.17. The van der Waals surface area contributed by atoms with Crippen molar-refractivity contribution >= 4 is 23.3 Å². The number of hydrogen-bond donors (Lipinski definition) is 1. The maximum atomic E-state index is 12.4. The van der Waals surface area contributed by atoms with Crippen molar-refractivity contribution in [3.05, 3.63) is 29.3 Å². The lowest BCUT2D eigenvalue weighted by molar-refractivity contribution is -0.138. The van der Waals surface area contributed by atoms with Crippen LogP contribution in [-0.2, 0) is 16.0 Å². The van der Waals surface area contributed by atoms with Crippen molar-refractivity contribution < 1.29 is 14.4 Å². The Morgan fingerprint density at radius 3 is 2.47 bits per heavy atom. The number of nitrogen functional groups attached to an aromatic ring is 1. The number of nitrogens with zero attached hydrogens (tertiary/aromatic N) is 1. The molecule has 1 aromatic rings. The smallest absolute Gasteiger partial charge is 0.233 e. The number of carbonyl (C=O) groups excluding carboxylic acids is 3. The van der Waals surface area contributed by atoms with E-state index in [0.29, 0.717) is 17.7 Å². The third-order valence-electron chi connectivity index (χ3n) is 4.14. The van der Waals surface area contributed by atoms with Gasteiger partial charge in [0.05, 0.1) is 5.92 Å². The zero-order valence-corrected chi connectivity index (χ0v) is 10.6. The molecule has 0 radical (unpaired) electrons. The fraction of sp³-hybridized carbons (Fsp3) is 0.357. The number of fused-ring (bicyclic) bond motifs is 1. The standard InChI is InChI=1S/C14H14N2O3/c1-16-12(17)6-10(14(16)19)9-5-8-7(13(9)18)3-2-4-11(8)15/h2-4,9-10H,5-6,15H2,1H3. The van der Waals surface area contributed by atoms with E-state index in [2.05, 4.69) is 0 Å². The molecule has 1 saturated heterocycles. The molecule has 1 aliphatic carbocycles. The molecule has 2 N–H and O–H groups in total. The number of anilines is 1. The van der Waals surface area contributed by atoms with Crippen LogP contribution in [0.3, 0.4) is 0 Å². The quantitative estimate of drug-likeness (QED) is 0.591. The third-order valence-corrected chi connectivity index (χ3v) is 4.14. The molecule has 0 spiro atoms. The first-order valence-electron chi connectivity index (χ1n) is 6.22. The van der Waals surface area contributed by atoms with Gasteiger partial charge in [0.1, 0.15) is 0 Å². The lowest BCUT2D eigenvalue weighted by Crippen LogP contribution is -2.30. The van der Waals surface area contributed by atoms with Gasteiger partial charge in [0.15, 0.2) is 5.78 Å². The number of likely N-dealkylation sites (tertiary alicyclic amines) is 1. The van der Waals surface area contributed by atoms with E-state index < -0.39 is 11.8 Å². The minimum absolute atomic E-state index is 0.0660. The van der Waals surface area contributed by atoms with Crippen molar-refractivity contribution in [2.45, 2.75) is 12.8 Å². The summed E-state index contributed by atoms with van der Waals surface area (Å²) in [5.41, 5.74) is 7.86. The molecule has 5 heteroatoms. The molecular weight excluding hydrogens is 244 g/mol. The Balaban J connectivity index is 1.95. The van der Waals surface area contributed by atoms with Gasteiger partial charge < -0.3 is 5.73 Å². The number of carbonyl (C=O) groups is 3. The Morgan fingerprint density at radius 2 is 1.89 bits per heavy atom. The maximum absolute atomic E-state index is 12.4. The fourth-order valence-electron chi connectivity index (χ4n) is 3.00. The van der Waals surface area contributed by atoms with Crippen molar-refractivity contribution in [1.29, 1.82) is 0 Å². The van der Waals surface area contributed by atoms with Gasteiger partial charge in [-0.15, -0.1) is 0 Å². The summed E-state index contributed by atoms with van der Waals surface area (Å²) in [6, 6.07) is 5.23. The van der Waals surface area contributed by atoms with E-state index in [1.807, 2.05) is 0 Å². The van der Waals surface area contributed by atoms with E-state index in [1.165, 1.54) is 7.05 Å². The Labute approximate surface area is 110 Å². The molecule has 2 aliphatic rings. The number of amides is 2. The zero-order chi connectivity index (χ0) is 13.7. The molecule has 3 rings (SSSR count). The predicted molar refractivity (Wildman–Crippen MR) is 68.3 cm³/mol. The van der Waals surface area contributed by atoms with E-state index in [-0.39, 0.29) is 24.0 Å². The normalized spacial score (nSPS) is 26.2. The van der Waals surface area contributed by atoms with Crippen molar-refractivity contribution in [2.75, 3.05) is 12.8 Å². The van der Waals surface area contributed by atoms with E-state index in [1.54, 1.807) is 18.2 Å². The molecule has 1 aliphatic heterocycles. The SMILES string of the molecule is CN1C(=O)CC(C2Cc3c(N)cccc3C2=O)C1=O. The summed E-state index contributed by atoms with van der Waals surface area (Å²) in [5.74, 6) is -1.51. The van der Waals surface area contributed by atoms with Crippen LogP contribution in [-0.4, -0.2) is 29.5 Å². The molecule has 1 heterocycles. The molecule has 98 valence electrons. The zero-order valence-electron chi connectivity index (χ0n) is 10.6. The van der Waals surface area contributed by atoms with Crippen molar-refractivity contribution in [1.82, 2.24) is 4.90 Å². The van der Waals surface area contributed by atoms with Gasteiger partial charge in [-0.1, -0.05) is 12.1 Å². The number of rotatable bonds is 1. The highest BCUT2D eigenvalue weighted by Gasteiger charge is 2.46. The minimum Gasteiger partial charge on any atom is -0.398 e. The van der Waals surface area contributed by atoms with Gasteiger partial charge in [-0.3, -0.25) is 19.3 Å². The van der Waals surface area contributed by atoms with Crippen LogP contribution in [0, 0.1) is 11.8 Å². The first-order chi connectivity index (χ1) is 9.00. The summed E-state index contributed by atoms with van der Waals surface area (Å²) < 4.78 is 0. The van der Waals surface area contributed by atoms with E-state index in [9.17, 15) is 14.4 Å². The van der Waals surface area contributed by atoms with Crippen molar-refractivity contribution in [2.24, 2.45) is 11.8 Å². The van der Waals surface area contributed by atoms with E-state index in [4.69, 9.17) is 5.73 Å². The first-order valence-corrected chi connectivity index (χ1v) is 6.22. The number of ketones is 1. The molecule has 19 heavy (non-hydrogen) atoms. The van der Waals surface area contributed by atoms with Gasteiger partial charge in [0.2, 0.25) is 11.8 Å². The summed E-state index contributed by atoms with van der Waals surface area (Å²) in [4.78, 5) is 37.0. The molecule has 0 bridgehead atoms. The van der Waals surface area contributed by atoms with Gasteiger partial charge in [-0.2, -0.15) is 0 Å². The highest BCUT2D eigenvalue weighted by atomic mass is 16.2. The first kappa shape index (κ1) is 11.9. The molecule has 0 aromatic heterocycles. The molecule has 2 amide bonds. The molecule has 1 fully saturated rings.